The number of hydrogen-bond donors (Lipinski definition) is 1. The highest BCUT2D eigenvalue weighted by molar-refractivity contribution is 7.92. The Morgan fingerprint density at radius 2 is 1.88 bits per heavy atom. The van der Waals surface area contributed by atoms with Gasteiger partial charge in [-0.05, 0) is 61.4 Å². The number of carbonyl (C=O) groups is 1. The number of likely N-dealkylation sites (N-methyl/N-ethyl adjacent to an activating group) is 1. The summed E-state index contributed by atoms with van der Waals surface area (Å²) in [6, 6.07) is 9.94. The van der Waals surface area contributed by atoms with Crippen LogP contribution < -0.4 is 9.62 Å². The number of rotatable bonds is 3. The highest BCUT2D eigenvalue weighted by Crippen LogP contribution is 2.31. The largest absolute Gasteiger partial charge is 0.461 e. The second-order valence-electron chi connectivity index (χ2n) is 6.52. The second kappa shape index (κ2) is 5.60. The molecule has 7 heteroatoms. The van der Waals surface area contributed by atoms with Gasteiger partial charge in [0, 0.05) is 23.8 Å². The molecule has 1 aliphatic heterocycles. The SMILES string of the molecule is Cc1oc2ccc(NS(=O)(=O)c3ccc4c(c3)CC(=O)N4C)cc2c1C. The number of furan rings is 1. The predicted molar refractivity (Wildman–Crippen MR) is 100 cm³/mol. The Morgan fingerprint density at radius 3 is 2.65 bits per heavy atom. The maximum absolute atomic E-state index is 12.8. The van der Waals surface area contributed by atoms with Gasteiger partial charge in [-0.3, -0.25) is 9.52 Å². The van der Waals surface area contributed by atoms with Gasteiger partial charge in [0.15, 0.2) is 0 Å². The topological polar surface area (TPSA) is 79.6 Å². The van der Waals surface area contributed by atoms with Gasteiger partial charge in [0.05, 0.1) is 11.3 Å². The lowest BCUT2D eigenvalue weighted by Crippen LogP contribution is -2.20. The van der Waals surface area contributed by atoms with Crippen molar-refractivity contribution in [2.45, 2.75) is 25.2 Å². The van der Waals surface area contributed by atoms with Crippen LogP contribution in [0.4, 0.5) is 11.4 Å². The molecule has 1 aromatic heterocycles. The average Bonchev–Trinajstić information content (AvgIpc) is 3.04. The molecule has 0 atom stereocenters. The third-order valence-electron chi connectivity index (χ3n) is 4.87. The van der Waals surface area contributed by atoms with Crippen LogP contribution in [0.25, 0.3) is 11.0 Å². The van der Waals surface area contributed by atoms with Gasteiger partial charge in [0.1, 0.15) is 11.3 Å². The van der Waals surface area contributed by atoms with Crippen molar-refractivity contribution in [3.8, 4) is 0 Å². The van der Waals surface area contributed by atoms with Gasteiger partial charge in [-0.25, -0.2) is 8.42 Å². The van der Waals surface area contributed by atoms with Crippen LogP contribution in [0.5, 0.6) is 0 Å². The first-order chi connectivity index (χ1) is 12.3. The predicted octanol–water partition coefficient (Wildman–Crippen LogP) is 3.37. The summed E-state index contributed by atoms with van der Waals surface area (Å²) in [7, 11) is -2.07. The maximum atomic E-state index is 12.8. The van der Waals surface area contributed by atoms with E-state index in [1.54, 1.807) is 37.4 Å². The van der Waals surface area contributed by atoms with Crippen LogP contribution in [-0.4, -0.2) is 21.4 Å². The number of nitrogens with zero attached hydrogens (tertiary/aromatic N) is 1. The van der Waals surface area contributed by atoms with Crippen molar-refractivity contribution in [3.05, 3.63) is 53.3 Å². The molecule has 1 N–H and O–H groups in total. The standard InChI is InChI=1S/C19H18N2O4S/c1-11-12(2)25-18-7-4-14(10-16(11)18)20-26(23,24)15-5-6-17-13(8-15)9-19(22)21(17)3/h4-8,10,20H,9H2,1-3H3. The number of aryl methyl sites for hydroxylation is 2. The Labute approximate surface area is 151 Å². The van der Waals surface area contributed by atoms with E-state index in [1.807, 2.05) is 13.8 Å². The van der Waals surface area contributed by atoms with E-state index in [2.05, 4.69) is 4.72 Å². The molecular weight excluding hydrogens is 352 g/mol. The fourth-order valence-corrected chi connectivity index (χ4v) is 4.33. The monoisotopic (exact) mass is 370 g/mol. The number of benzene rings is 2. The number of fused-ring (bicyclic) bond motifs is 2. The highest BCUT2D eigenvalue weighted by atomic mass is 32.2. The van der Waals surface area contributed by atoms with E-state index in [4.69, 9.17) is 4.42 Å². The van der Waals surface area contributed by atoms with Crippen molar-refractivity contribution in [2.24, 2.45) is 0 Å². The van der Waals surface area contributed by atoms with Crippen LogP contribution in [0, 0.1) is 13.8 Å². The summed E-state index contributed by atoms with van der Waals surface area (Å²) >= 11 is 0. The number of anilines is 2. The van der Waals surface area contributed by atoms with Gasteiger partial charge >= 0.3 is 0 Å². The lowest BCUT2D eigenvalue weighted by molar-refractivity contribution is -0.117. The Hall–Kier alpha value is -2.80. The molecule has 0 fully saturated rings. The lowest BCUT2D eigenvalue weighted by atomic mass is 10.1. The zero-order chi connectivity index (χ0) is 18.6. The van der Waals surface area contributed by atoms with Gasteiger partial charge < -0.3 is 9.32 Å². The highest BCUT2D eigenvalue weighted by Gasteiger charge is 2.26. The number of sulfonamides is 1. The molecule has 4 rings (SSSR count). The molecule has 0 saturated heterocycles. The van der Waals surface area contributed by atoms with E-state index < -0.39 is 10.0 Å². The molecule has 1 aliphatic rings. The number of carbonyl (C=O) groups excluding carboxylic acids is 1. The van der Waals surface area contributed by atoms with E-state index in [0.717, 1.165) is 33.5 Å². The molecule has 0 bridgehead atoms. The molecule has 2 heterocycles. The molecule has 0 spiro atoms. The summed E-state index contributed by atoms with van der Waals surface area (Å²) in [6.45, 7) is 3.81. The Morgan fingerprint density at radius 1 is 1.12 bits per heavy atom. The number of hydrogen-bond acceptors (Lipinski definition) is 4. The third-order valence-corrected chi connectivity index (χ3v) is 6.24. The molecule has 0 unspecified atom stereocenters. The first-order valence-corrected chi connectivity index (χ1v) is 9.66. The smallest absolute Gasteiger partial charge is 0.261 e. The van der Waals surface area contributed by atoms with E-state index in [0.29, 0.717) is 5.69 Å². The third kappa shape index (κ3) is 2.55. The number of amides is 1. The van der Waals surface area contributed by atoms with Crippen LogP contribution in [0.1, 0.15) is 16.9 Å². The van der Waals surface area contributed by atoms with Gasteiger partial charge in [0.2, 0.25) is 5.91 Å². The fourth-order valence-electron chi connectivity index (χ4n) is 3.23. The Balaban J connectivity index is 1.69. The van der Waals surface area contributed by atoms with Gasteiger partial charge in [-0.2, -0.15) is 0 Å². The minimum atomic E-state index is -3.75. The Bertz CT molecular complexity index is 1160. The normalized spacial score (nSPS) is 14.1. The van der Waals surface area contributed by atoms with Gasteiger partial charge in [0.25, 0.3) is 10.0 Å². The minimum absolute atomic E-state index is 0.0428. The van der Waals surface area contributed by atoms with Crippen molar-refractivity contribution in [1.82, 2.24) is 0 Å². The summed E-state index contributed by atoms with van der Waals surface area (Å²) in [5.74, 6) is 0.770. The molecule has 26 heavy (non-hydrogen) atoms. The summed E-state index contributed by atoms with van der Waals surface area (Å²) in [5.41, 5.74) is 3.65. The molecule has 1 amide bonds. The van der Waals surface area contributed by atoms with Crippen LogP contribution >= 0.6 is 0 Å². The molecule has 0 aliphatic carbocycles. The molecule has 3 aromatic rings. The maximum Gasteiger partial charge on any atom is 0.261 e. The second-order valence-corrected chi connectivity index (χ2v) is 8.20. The fraction of sp³-hybridized carbons (Fsp3) is 0.211. The molecule has 6 nitrogen and oxygen atoms in total. The molecule has 0 saturated carbocycles. The first-order valence-electron chi connectivity index (χ1n) is 8.18. The van der Waals surface area contributed by atoms with Crippen LogP contribution in [0.3, 0.4) is 0 Å². The van der Waals surface area contributed by atoms with E-state index >= 15 is 0 Å². The van der Waals surface area contributed by atoms with E-state index in [9.17, 15) is 13.2 Å². The molecular formula is C19H18N2O4S. The first kappa shape index (κ1) is 16.7. The van der Waals surface area contributed by atoms with Crippen molar-refractivity contribution >= 4 is 38.3 Å². The van der Waals surface area contributed by atoms with Gasteiger partial charge in [-0.1, -0.05) is 0 Å². The van der Waals surface area contributed by atoms with E-state index in [-0.39, 0.29) is 17.2 Å². The molecule has 2 aromatic carbocycles. The van der Waals surface area contributed by atoms with Crippen LogP contribution in [-0.2, 0) is 21.2 Å². The van der Waals surface area contributed by atoms with Crippen molar-refractivity contribution in [2.75, 3.05) is 16.7 Å². The van der Waals surface area contributed by atoms with Crippen LogP contribution in [0.15, 0.2) is 45.7 Å². The Kier molecular flexibility index (Phi) is 3.59. The van der Waals surface area contributed by atoms with Crippen LogP contribution in [0.2, 0.25) is 0 Å². The zero-order valence-electron chi connectivity index (χ0n) is 14.7. The summed E-state index contributed by atoms with van der Waals surface area (Å²) in [5, 5.41) is 0.879. The number of nitrogens with one attached hydrogen (secondary N) is 1. The minimum Gasteiger partial charge on any atom is -0.461 e. The molecule has 0 radical (unpaired) electrons. The van der Waals surface area contributed by atoms with Crippen molar-refractivity contribution in [3.63, 3.8) is 0 Å². The average molecular weight is 370 g/mol. The molecule has 134 valence electrons. The zero-order valence-corrected chi connectivity index (χ0v) is 15.5. The van der Waals surface area contributed by atoms with E-state index in [1.165, 1.54) is 11.0 Å². The summed E-state index contributed by atoms with van der Waals surface area (Å²) < 4.78 is 33.7. The van der Waals surface area contributed by atoms with Crippen molar-refractivity contribution < 1.29 is 17.6 Å². The van der Waals surface area contributed by atoms with Crippen molar-refractivity contribution in [1.29, 1.82) is 0 Å². The summed E-state index contributed by atoms with van der Waals surface area (Å²) in [6.07, 6.45) is 0.217. The quantitative estimate of drug-likeness (QED) is 0.767. The van der Waals surface area contributed by atoms with Gasteiger partial charge in [-0.15, -0.1) is 0 Å². The summed E-state index contributed by atoms with van der Waals surface area (Å²) in [4.78, 5) is 13.5. The lowest BCUT2D eigenvalue weighted by Gasteiger charge is -2.12.